The van der Waals surface area contributed by atoms with Crippen molar-refractivity contribution >= 4 is 17.3 Å². The van der Waals surface area contributed by atoms with Gasteiger partial charge in [0.15, 0.2) is 5.75 Å². The Balaban J connectivity index is 2.21. The van der Waals surface area contributed by atoms with Crippen molar-refractivity contribution < 1.29 is 14.6 Å². The van der Waals surface area contributed by atoms with Gasteiger partial charge < -0.3 is 20.9 Å². The van der Waals surface area contributed by atoms with E-state index >= 15 is 0 Å². The van der Waals surface area contributed by atoms with Gasteiger partial charge in [0, 0.05) is 5.69 Å². The van der Waals surface area contributed by atoms with Gasteiger partial charge in [-0.05, 0) is 29.8 Å². The number of anilines is 2. The van der Waals surface area contributed by atoms with E-state index in [4.69, 9.17) is 15.6 Å². The van der Waals surface area contributed by atoms with E-state index < -0.39 is 0 Å². The average molecular weight is 272 g/mol. The van der Waals surface area contributed by atoms with Crippen LogP contribution in [0.25, 0.3) is 0 Å². The number of nitrogens with two attached hydrogens (primary N) is 1. The van der Waals surface area contributed by atoms with Crippen LogP contribution in [-0.4, -0.2) is 18.1 Å². The number of carbonyl (C=O) groups is 1. The van der Waals surface area contributed by atoms with Crippen LogP contribution in [0.3, 0.4) is 0 Å². The summed E-state index contributed by atoms with van der Waals surface area (Å²) in [6.45, 7) is -0.0305. The van der Waals surface area contributed by atoms with Gasteiger partial charge in [-0.3, -0.25) is 4.79 Å². The van der Waals surface area contributed by atoms with Gasteiger partial charge in [-0.15, -0.1) is 0 Å². The number of nitrogen functional groups attached to an aromatic ring is 1. The molecule has 0 heterocycles. The van der Waals surface area contributed by atoms with Gasteiger partial charge in [0.1, 0.15) is 0 Å². The second-order valence-electron chi connectivity index (χ2n) is 4.24. The third-order valence-corrected chi connectivity index (χ3v) is 2.89. The first kappa shape index (κ1) is 13.9. The fraction of sp³-hybridized carbons (Fsp3) is 0.133. The van der Waals surface area contributed by atoms with Crippen molar-refractivity contribution in [2.75, 3.05) is 18.2 Å². The third kappa shape index (κ3) is 2.89. The summed E-state index contributed by atoms with van der Waals surface area (Å²) < 4.78 is 5.15. The first-order valence-corrected chi connectivity index (χ1v) is 6.09. The number of hydrogen-bond donors (Lipinski definition) is 3. The summed E-state index contributed by atoms with van der Waals surface area (Å²) in [4.78, 5) is 12.2. The van der Waals surface area contributed by atoms with Crippen LogP contribution in [0.1, 0.15) is 15.9 Å². The highest BCUT2D eigenvalue weighted by molar-refractivity contribution is 6.07. The SMILES string of the molecule is COc1c(N)cccc1C(=O)Nc1ccc(CO)cc1. The standard InChI is InChI=1S/C15H16N2O3/c1-20-14-12(3-2-4-13(14)16)15(19)17-11-7-5-10(9-18)6-8-11/h2-8,18H,9,16H2,1H3,(H,17,19). The lowest BCUT2D eigenvalue weighted by Gasteiger charge is -2.11. The Morgan fingerprint density at radius 1 is 1.25 bits per heavy atom. The van der Waals surface area contributed by atoms with Crippen molar-refractivity contribution in [2.24, 2.45) is 0 Å². The minimum atomic E-state index is -0.300. The highest BCUT2D eigenvalue weighted by Crippen LogP contribution is 2.26. The highest BCUT2D eigenvalue weighted by Gasteiger charge is 2.14. The second kappa shape index (κ2) is 6.08. The van der Waals surface area contributed by atoms with Gasteiger partial charge in [0.25, 0.3) is 5.91 Å². The van der Waals surface area contributed by atoms with Gasteiger partial charge in [0.2, 0.25) is 0 Å². The number of carbonyl (C=O) groups excluding carboxylic acids is 1. The Hall–Kier alpha value is -2.53. The molecule has 2 aromatic rings. The maximum atomic E-state index is 12.2. The summed E-state index contributed by atoms with van der Waals surface area (Å²) in [6.07, 6.45) is 0. The number of aliphatic hydroxyl groups excluding tert-OH is 1. The largest absolute Gasteiger partial charge is 0.494 e. The number of ether oxygens (including phenoxy) is 1. The van der Waals surface area contributed by atoms with Crippen molar-refractivity contribution in [3.8, 4) is 5.75 Å². The maximum absolute atomic E-state index is 12.2. The van der Waals surface area contributed by atoms with Crippen LogP contribution in [0.15, 0.2) is 42.5 Å². The summed E-state index contributed by atoms with van der Waals surface area (Å²) in [5, 5.41) is 11.7. The monoisotopic (exact) mass is 272 g/mol. The van der Waals surface area contributed by atoms with Gasteiger partial charge in [-0.25, -0.2) is 0 Å². The highest BCUT2D eigenvalue weighted by atomic mass is 16.5. The summed E-state index contributed by atoms with van der Waals surface area (Å²) in [5.41, 5.74) is 7.97. The Labute approximate surface area is 117 Å². The Bertz CT molecular complexity index is 609. The average Bonchev–Trinajstić information content (AvgIpc) is 2.47. The molecule has 0 aliphatic rings. The summed E-state index contributed by atoms with van der Waals surface area (Å²) in [6, 6.07) is 11.9. The van der Waals surface area contributed by atoms with Crippen molar-refractivity contribution in [1.29, 1.82) is 0 Å². The molecule has 0 bridgehead atoms. The van der Waals surface area contributed by atoms with Crippen LogP contribution >= 0.6 is 0 Å². The lowest BCUT2D eigenvalue weighted by molar-refractivity contribution is 0.102. The van der Waals surface area contributed by atoms with Crippen LogP contribution in [0.5, 0.6) is 5.75 Å². The van der Waals surface area contributed by atoms with E-state index in [9.17, 15) is 4.79 Å². The van der Waals surface area contributed by atoms with Crippen LogP contribution in [0.2, 0.25) is 0 Å². The molecule has 2 aromatic carbocycles. The molecule has 0 fully saturated rings. The van der Waals surface area contributed by atoms with Crippen LogP contribution in [0.4, 0.5) is 11.4 Å². The molecule has 0 radical (unpaired) electrons. The summed E-state index contributed by atoms with van der Waals surface area (Å²) in [5.74, 6) is 0.0582. The molecule has 2 rings (SSSR count). The van der Waals surface area contributed by atoms with Crippen molar-refractivity contribution in [1.82, 2.24) is 0 Å². The van der Waals surface area contributed by atoms with Crippen LogP contribution < -0.4 is 15.8 Å². The number of rotatable bonds is 4. The van der Waals surface area contributed by atoms with Crippen LogP contribution in [0, 0.1) is 0 Å². The lowest BCUT2D eigenvalue weighted by atomic mass is 10.1. The van der Waals surface area contributed by atoms with Crippen molar-refractivity contribution in [3.05, 3.63) is 53.6 Å². The first-order chi connectivity index (χ1) is 9.65. The van der Waals surface area contributed by atoms with Gasteiger partial charge in [0.05, 0.1) is 25.0 Å². The summed E-state index contributed by atoms with van der Waals surface area (Å²) in [7, 11) is 1.47. The normalized spacial score (nSPS) is 10.1. The van der Waals surface area contributed by atoms with E-state index in [0.717, 1.165) is 5.56 Å². The Morgan fingerprint density at radius 3 is 2.55 bits per heavy atom. The molecule has 0 saturated heterocycles. The summed E-state index contributed by atoms with van der Waals surface area (Å²) >= 11 is 0. The van der Waals surface area contributed by atoms with Crippen molar-refractivity contribution in [2.45, 2.75) is 6.61 Å². The van der Waals surface area contributed by atoms with Crippen LogP contribution in [-0.2, 0) is 6.61 Å². The molecule has 0 aliphatic heterocycles. The minimum Gasteiger partial charge on any atom is -0.494 e. The minimum absolute atomic E-state index is 0.0305. The number of nitrogens with one attached hydrogen (secondary N) is 1. The molecule has 1 amide bonds. The van der Waals surface area contributed by atoms with Gasteiger partial charge in [-0.1, -0.05) is 18.2 Å². The van der Waals surface area contributed by atoms with Gasteiger partial charge in [-0.2, -0.15) is 0 Å². The molecular weight excluding hydrogens is 256 g/mol. The van der Waals surface area contributed by atoms with E-state index in [-0.39, 0.29) is 12.5 Å². The predicted octanol–water partition coefficient (Wildman–Crippen LogP) is 2.02. The van der Waals surface area contributed by atoms with E-state index in [1.165, 1.54) is 7.11 Å². The van der Waals surface area contributed by atoms with E-state index in [1.54, 1.807) is 42.5 Å². The molecule has 20 heavy (non-hydrogen) atoms. The topological polar surface area (TPSA) is 84.6 Å². The number of hydrogen-bond acceptors (Lipinski definition) is 4. The molecule has 0 saturated carbocycles. The zero-order valence-electron chi connectivity index (χ0n) is 11.1. The fourth-order valence-corrected chi connectivity index (χ4v) is 1.85. The van der Waals surface area contributed by atoms with Crippen molar-refractivity contribution in [3.63, 3.8) is 0 Å². The number of benzene rings is 2. The molecule has 0 atom stereocenters. The van der Waals surface area contributed by atoms with Gasteiger partial charge >= 0.3 is 0 Å². The molecule has 5 heteroatoms. The molecule has 0 spiro atoms. The van der Waals surface area contributed by atoms with E-state index in [1.807, 2.05) is 0 Å². The molecule has 4 N–H and O–H groups in total. The van der Waals surface area contributed by atoms with E-state index in [2.05, 4.69) is 5.32 Å². The third-order valence-electron chi connectivity index (χ3n) is 2.89. The number of para-hydroxylation sites is 1. The van der Waals surface area contributed by atoms with E-state index in [0.29, 0.717) is 22.7 Å². The molecule has 0 aromatic heterocycles. The zero-order chi connectivity index (χ0) is 14.5. The zero-order valence-corrected chi connectivity index (χ0v) is 11.1. The predicted molar refractivity (Wildman–Crippen MR) is 77.7 cm³/mol. The quantitative estimate of drug-likeness (QED) is 0.743. The maximum Gasteiger partial charge on any atom is 0.259 e. The smallest absolute Gasteiger partial charge is 0.259 e. The molecule has 0 unspecified atom stereocenters. The Morgan fingerprint density at radius 2 is 1.95 bits per heavy atom. The molecule has 5 nitrogen and oxygen atoms in total. The number of amides is 1. The molecule has 0 aliphatic carbocycles. The lowest BCUT2D eigenvalue weighted by Crippen LogP contribution is -2.14. The fourth-order valence-electron chi connectivity index (χ4n) is 1.85. The number of methoxy groups -OCH3 is 1. The second-order valence-corrected chi connectivity index (χ2v) is 4.24. The molecular formula is C15H16N2O3. The first-order valence-electron chi connectivity index (χ1n) is 6.09. The molecule has 104 valence electrons. The Kier molecular flexibility index (Phi) is 4.22. The number of aliphatic hydroxyl groups is 1.